The summed E-state index contributed by atoms with van der Waals surface area (Å²) in [6, 6.07) is 4.22. The minimum atomic E-state index is -1.11. The SMILES string of the molecule is CCC(C)OCC(=O)Nc1ccc(C(=O)O)c(Cl)c1. The first-order valence-electron chi connectivity index (χ1n) is 5.88. The Morgan fingerprint density at radius 1 is 1.47 bits per heavy atom. The second-order valence-corrected chi connectivity index (χ2v) is 4.49. The molecule has 104 valence electrons. The topological polar surface area (TPSA) is 75.6 Å². The molecule has 0 aliphatic carbocycles. The summed E-state index contributed by atoms with van der Waals surface area (Å²) in [7, 11) is 0. The van der Waals surface area contributed by atoms with E-state index in [1.807, 2.05) is 13.8 Å². The van der Waals surface area contributed by atoms with Gasteiger partial charge in [0.2, 0.25) is 5.91 Å². The van der Waals surface area contributed by atoms with E-state index in [0.717, 1.165) is 6.42 Å². The van der Waals surface area contributed by atoms with Crippen LogP contribution in [-0.2, 0) is 9.53 Å². The van der Waals surface area contributed by atoms with Crippen molar-refractivity contribution in [2.75, 3.05) is 11.9 Å². The van der Waals surface area contributed by atoms with Gasteiger partial charge in [-0.25, -0.2) is 4.79 Å². The predicted molar refractivity (Wildman–Crippen MR) is 72.7 cm³/mol. The number of hydrogen-bond donors (Lipinski definition) is 2. The molecule has 0 aliphatic heterocycles. The van der Waals surface area contributed by atoms with E-state index in [4.69, 9.17) is 21.4 Å². The van der Waals surface area contributed by atoms with Crippen LogP contribution in [0.15, 0.2) is 18.2 Å². The van der Waals surface area contributed by atoms with Gasteiger partial charge in [0, 0.05) is 5.69 Å². The van der Waals surface area contributed by atoms with Crippen LogP contribution in [-0.4, -0.2) is 29.7 Å². The third-order valence-corrected chi connectivity index (χ3v) is 2.87. The lowest BCUT2D eigenvalue weighted by atomic mass is 10.2. The van der Waals surface area contributed by atoms with E-state index >= 15 is 0 Å². The number of ether oxygens (including phenoxy) is 1. The van der Waals surface area contributed by atoms with Gasteiger partial charge in [-0.05, 0) is 31.5 Å². The van der Waals surface area contributed by atoms with Crippen LogP contribution in [0.5, 0.6) is 0 Å². The third-order valence-electron chi connectivity index (χ3n) is 2.56. The molecule has 0 heterocycles. The van der Waals surface area contributed by atoms with Crippen molar-refractivity contribution in [3.63, 3.8) is 0 Å². The van der Waals surface area contributed by atoms with E-state index in [-0.39, 0.29) is 29.2 Å². The molecule has 2 N–H and O–H groups in total. The molecule has 0 aromatic heterocycles. The molecule has 1 aromatic rings. The normalized spacial score (nSPS) is 11.9. The average Bonchev–Trinajstić information content (AvgIpc) is 2.35. The second-order valence-electron chi connectivity index (χ2n) is 4.08. The molecule has 0 fully saturated rings. The number of benzene rings is 1. The zero-order chi connectivity index (χ0) is 14.4. The molecule has 1 amide bonds. The Kier molecular flexibility index (Phi) is 5.79. The number of amides is 1. The maximum absolute atomic E-state index is 11.6. The van der Waals surface area contributed by atoms with Gasteiger partial charge >= 0.3 is 5.97 Å². The summed E-state index contributed by atoms with van der Waals surface area (Å²) in [5.41, 5.74) is 0.434. The Hall–Kier alpha value is -1.59. The molecule has 1 rings (SSSR count). The van der Waals surface area contributed by atoms with Gasteiger partial charge in [-0.1, -0.05) is 18.5 Å². The first-order chi connectivity index (χ1) is 8.93. The molecule has 1 aromatic carbocycles. The van der Waals surface area contributed by atoms with Gasteiger partial charge in [0.05, 0.1) is 16.7 Å². The Labute approximate surface area is 116 Å². The summed E-state index contributed by atoms with van der Waals surface area (Å²) in [5.74, 6) is -1.41. The zero-order valence-corrected chi connectivity index (χ0v) is 11.5. The van der Waals surface area contributed by atoms with Crippen molar-refractivity contribution in [1.82, 2.24) is 0 Å². The van der Waals surface area contributed by atoms with Crippen LogP contribution in [0.2, 0.25) is 5.02 Å². The molecule has 1 atom stereocenters. The van der Waals surface area contributed by atoms with Crippen molar-refractivity contribution in [3.05, 3.63) is 28.8 Å². The van der Waals surface area contributed by atoms with Crippen molar-refractivity contribution < 1.29 is 19.4 Å². The van der Waals surface area contributed by atoms with Gasteiger partial charge in [-0.15, -0.1) is 0 Å². The molecular formula is C13H16ClNO4. The van der Waals surface area contributed by atoms with Crippen LogP contribution in [0.4, 0.5) is 5.69 Å². The van der Waals surface area contributed by atoms with Crippen LogP contribution in [0.25, 0.3) is 0 Å². The van der Waals surface area contributed by atoms with Crippen molar-refractivity contribution in [2.24, 2.45) is 0 Å². The van der Waals surface area contributed by atoms with Crippen LogP contribution < -0.4 is 5.32 Å². The van der Waals surface area contributed by atoms with Gasteiger partial charge in [-0.3, -0.25) is 4.79 Å². The molecule has 0 radical (unpaired) electrons. The van der Waals surface area contributed by atoms with E-state index in [0.29, 0.717) is 5.69 Å². The number of carbonyl (C=O) groups excluding carboxylic acids is 1. The highest BCUT2D eigenvalue weighted by Crippen LogP contribution is 2.20. The largest absolute Gasteiger partial charge is 0.478 e. The summed E-state index contributed by atoms with van der Waals surface area (Å²) < 4.78 is 5.28. The smallest absolute Gasteiger partial charge is 0.337 e. The van der Waals surface area contributed by atoms with Crippen molar-refractivity contribution in [1.29, 1.82) is 0 Å². The van der Waals surface area contributed by atoms with Crippen molar-refractivity contribution in [3.8, 4) is 0 Å². The van der Waals surface area contributed by atoms with E-state index in [2.05, 4.69) is 5.32 Å². The highest BCUT2D eigenvalue weighted by Gasteiger charge is 2.10. The summed E-state index contributed by atoms with van der Waals surface area (Å²) in [5, 5.41) is 11.5. The lowest BCUT2D eigenvalue weighted by Gasteiger charge is -2.11. The quantitative estimate of drug-likeness (QED) is 0.843. The Morgan fingerprint density at radius 2 is 2.16 bits per heavy atom. The van der Waals surface area contributed by atoms with E-state index in [9.17, 15) is 9.59 Å². The maximum atomic E-state index is 11.6. The standard InChI is InChI=1S/C13H16ClNO4/c1-3-8(2)19-7-12(16)15-9-4-5-10(13(17)18)11(14)6-9/h4-6,8H,3,7H2,1-2H3,(H,15,16)(H,17,18). The molecule has 1 unspecified atom stereocenters. The fourth-order valence-electron chi connectivity index (χ4n) is 1.30. The highest BCUT2D eigenvalue weighted by atomic mass is 35.5. The van der Waals surface area contributed by atoms with Gasteiger partial charge in [-0.2, -0.15) is 0 Å². The van der Waals surface area contributed by atoms with E-state index < -0.39 is 5.97 Å². The summed E-state index contributed by atoms with van der Waals surface area (Å²) in [6.45, 7) is 3.80. The molecule has 6 heteroatoms. The van der Waals surface area contributed by atoms with Crippen LogP contribution in [0.3, 0.4) is 0 Å². The molecule has 0 bridgehead atoms. The first kappa shape index (κ1) is 15.5. The molecule has 0 saturated carbocycles. The van der Waals surface area contributed by atoms with Crippen molar-refractivity contribution in [2.45, 2.75) is 26.4 Å². The molecule has 19 heavy (non-hydrogen) atoms. The van der Waals surface area contributed by atoms with Gasteiger partial charge < -0.3 is 15.2 Å². The summed E-state index contributed by atoms with van der Waals surface area (Å²) >= 11 is 5.79. The number of carboxylic acids is 1. The minimum absolute atomic E-state index is 0.00415. The van der Waals surface area contributed by atoms with E-state index in [1.54, 1.807) is 0 Å². The fraction of sp³-hybridized carbons (Fsp3) is 0.385. The number of carboxylic acid groups (broad SMARTS) is 1. The Balaban J connectivity index is 2.60. The monoisotopic (exact) mass is 285 g/mol. The molecular weight excluding hydrogens is 270 g/mol. The van der Waals surface area contributed by atoms with E-state index in [1.165, 1.54) is 18.2 Å². The number of rotatable bonds is 6. The Bertz CT molecular complexity index is 476. The number of carbonyl (C=O) groups is 2. The Morgan fingerprint density at radius 3 is 2.68 bits per heavy atom. The van der Waals surface area contributed by atoms with Gasteiger partial charge in [0.15, 0.2) is 0 Å². The summed E-state index contributed by atoms with van der Waals surface area (Å²) in [6.07, 6.45) is 0.843. The average molecular weight is 286 g/mol. The number of halogens is 1. The van der Waals surface area contributed by atoms with Crippen LogP contribution in [0, 0.1) is 0 Å². The predicted octanol–water partition coefficient (Wildman–Crippen LogP) is 2.79. The number of nitrogens with one attached hydrogen (secondary N) is 1. The third kappa shape index (κ3) is 4.89. The first-order valence-corrected chi connectivity index (χ1v) is 6.26. The summed E-state index contributed by atoms with van der Waals surface area (Å²) in [4.78, 5) is 22.3. The maximum Gasteiger partial charge on any atom is 0.337 e. The van der Waals surface area contributed by atoms with Gasteiger partial charge in [0.1, 0.15) is 6.61 Å². The van der Waals surface area contributed by atoms with Crippen LogP contribution in [0.1, 0.15) is 30.6 Å². The molecule has 0 spiro atoms. The molecule has 0 aliphatic rings. The van der Waals surface area contributed by atoms with Crippen LogP contribution >= 0.6 is 11.6 Å². The number of hydrogen-bond acceptors (Lipinski definition) is 3. The number of aromatic carboxylic acids is 1. The lowest BCUT2D eigenvalue weighted by Crippen LogP contribution is -2.21. The second kappa shape index (κ2) is 7.11. The van der Waals surface area contributed by atoms with Crippen molar-refractivity contribution >= 4 is 29.2 Å². The molecule has 0 saturated heterocycles. The number of anilines is 1. The molecule has 5 nitrogen and oxygen atoms in total. The lowest BCUT2D eigenvalue weighted by molar-refractivity contribution is -0.122. The zero-order valence-electron chi connectivity index (χ0n) is 10.8. The van der Waals surface area contributed by atoms with Gasteiger partial charge in [0.25, 0.3) is 0 Å². The minimum Gasteiger partial charge on any atom is -0.478 e. The fourth-order valence-corrected chi connectivity index (χ4v) is 1.56. The highest BCUT2D eigenvalue weighted by molar-refractivity contribution is 6.33.